The zero-order chi connectivity index (χ0) is 9.84. The summed E-state index contributed by atoms with van der Waals surface area (Å²) < 4.78 is 4.84. The minimum absolute atomic E-state index is 0.0143. The van der Waals surface area contributed by atoms with Gasteiger partial charge in [0.15, 0.2) is 5.52 Å². The van der Waals surface area contributed by atoms with E-state index in [-0.39, 0.29) is 18.5 Å². The molecule has 1 saturated heterocycles. The lowest BCUT2D eigenvalue weighted by Crippen LogP contribution is -2.25. The Bertz CT molecular complexity index is 273. The standard InChI is InChI=1S/C7H9N2O3P/c8-1-2-9-4-5(3-6(10)13)12-7(9)11/h5H,2-4,13H2. The van der Waals surface area contributed by atoms with Gasteiger partial charge < -0.3 is 4.74 Å². The Morgan fingerprint density at radius 2 is 2.54 bits per heavy atom. The first kappa shape index (κ1) is 9.94. The molecule has 2 atom stereocenters. The van der Waals surface area contributed by atoms with Crippen LogP contribution >= 0.6 is 9.24 Å². The van der Waals surface area contributed by atoms with Gasteiger partial charge in [0.05, 0.1) is 12.6 Å². The Labute approximate surface area is 77.8 Å². The van der Waals surface area contributed by atoms with Crippen molar-refractivity contribution in [2.75, 3.05) is 13.1 Å². The number of nitrogens with zero attached hydrogens (tertiary/aromatic N) is 2. The van der Waals surface area contributed by atoms with Gasteiger partial charge in [0.25, 0.3) is 0 Å². The van der Waals surface area contributed by atoms with Gasteiger partial charge in [-0.15, -0.1) is 0 Å². The Kier molecular flexibility index (Phi) is 3.21. The van der Waals surface area contributed by atoms with Crippen LogP contribution in [-0.2, 0) is 9.53 Å². The van der Waals surface area contributed by atoms with E-state index in [1.807, 2.05) is 15.3 Å². The van der Waals surface area contributed by atoms with E-state index in [1.54, 1.807) is 0 Å². The smallest absolute Gasteiger partial charge is 0.411 e. The molecule has 0 aromatic rings. The quantitative estimate of drug-likeness (QED) is 0.479. The van der Waals surface area contributed by atoms with Gasteiger partial charge in [-0.3, -0.25) is 9.69 Å². The van der Waals surface area contributed by atoms with E-state index in [0.717, 1.165) is 0 Å². The van der Waals surface area contributed by atoms with Crippen LogP contribution in [0.3, 0.4) is 0 Å². The summed E-state index contributed by atoms with van der Waals surface area (Å²) in [4.78, 5) is 22.9. The van der Waals surface area contributed by atoms with Crippen molar-refractivity contribution in [3.63, 3.8) is 0 Å². The fourth-order valence-electron chi connectivity index (χ4n) is 1.12. The van der Waals surface area contributed by atoms with Crippen molar-refractivity contribution in [1.29, 1.82) is 5.26 Å². The molecule has 1 aliphatic heterocycles. The number of cyclic esters (lactones) is 1. The summed E-state index contributed by atoms with van der Waals surface area (Å²) in [5.41, 5.74) is -0.100. The number of carbonyl (C=O) groups excluding carboxylic acids is 2. The van der Waals surface area contributed by atoms with Crippen molar-refractivity contribution < 1.29 is 14.3 Å². The molecule has 1 rings (SSSR count). The second kappa shape index (κ2) is 4.20. The number of nitriles is 1. The highest BCUT2D eigenvalue weighted by atomic mass is 31.0. The van der Waals surface area contributed by atoms with E-state index < -0.39 is 12.2 Å². The summed E-state index contributed by atoms with van der Waals surface area (Å²) >= 11 is 0. The molecule has 5 nitrogen and oxygen atoms in total. The minimum atomic E-state index is -0.516. The number of amides is 1. The number of ether oxygens (including phenoxy) is 1. The minimum Gasteiger partial charge on any atom is -0.444 e. The van der Waals surface area contributed by atoms with Gasteiger partial charge in [-0.1, -0.05) is 9.24 Å². The fraction of sp³-hybridized carbons (Fsp3) is 0.571. The third-order valence-corrected chi connectivity index (χ3v) is 1.88. The Morgan fingerprint density at radius 1 is 1.85 bits per heavy atom. The summed E-state index contributed by atoms with van der Waals surface area (Å²) in [6.45, 7) is 0.340. The summed E-state index contributed by atoms with van der Waals surface area (Å²) in [7, 11) is 2.02. The largest absolute Gasteiger partial charge is 0.444 e. The maximum Gasteiger partial charge on any atom is 0.411 e. The summed E-state index contributed by atoms with van der Waals surface area (Å²) in [5.74, 6) is 0. The second-order valence-corrected chi connectivity index (χ2v) is 3.36. The highest BCUT2D eigenvalue weighted by Gasteiger charge is 2.31. The lowest BCUT2D eigenvalue weighted by atomic mass is 10.3. The van der Waals surface area contributed by atoms with Crippen LogP contribution in [0.4, 0.5) is 4.79 Å². The second-order valence-electron chi connectivity index (χ2n) is 2.71. The van der Waals surface area contributed by atoms with Crippen LogP contribution in [0.5, 0.6) is 0 Å². The average molecular weight is 200 g/mol. The van der Waals surface area contributed by atoms with Crippen LogP contribution < -0.4 is 0 Å². The van der Waals surface area contributed by atoms with Crippen molar-refractivity contribution in [3.05, 3.63) is 0 Å². The zero-order valence-corrected chi connectivity index (χ0v) is 8.05. The third-order valence-electron chi connectivity index (χ3n) is 1.64. The number of rotatable bonds is 3. The lowest BCUT2D eigenvalue weighted by molar-refractivity contribution is -0.112. The van der Waals surface area contributed by atoms with Gasteiger partial charge in [-0.05, 0) is 0 Å². The fourth-order valence-corrected chi connectivity index (χ4v) is 1.38. The van der Waals surface area contributed by atoms with Crippen molar-refractivity contribution in [1.82, 2.24) is 4.90 Å². The van der Waals surface area contributed by atoms with Gasteiger partial charge in [-0.25, -0.2) is 4.79 Å². The molecule has 6 heteroatoms. The van der Waals surface area contributed by atoms with E-state index in [2.05, 4.69) is 0 Å². The van der Waals surface area contributed by atoms with Gasteiger partial charge >= 0.3 is 6.09 Å². The molecule has 70 valence electrons. The molecule has 0 aromatic heterocycles. The monoisotopic (exact) mass is 200 g/mol. The average Bonchev–Trinajstić information content (AvgIpc) is 2.31. The Balaban J connectivity index is 2.46. The van der Waals surface area contributed by atoms with Crippen molar-refractivity contribution in [3.8, 4) is 6.07 Å². The van der Waals surface area contributed by atoms with E-state index in [4.69, 9.17) is 10.00 Å². The van der Waals surface area contributed by atoms with Crippen LogP contribution in [0.15, 0.2) is 0 Å². The summed E-state index contributed by atoms with van der Waals surface area (Å²) in [5, 5.41) is 8.34. The van der Waals surface area contributed by atoms with Crippen LogP contribution in [0, 0.1) is 11.3 Å². The molecule has 0 aromatic carbocycles. The first-order valence-corrected chi connectivity index (χ1v) is 4.32. The molecule has 0 bridgehead atoms. The lowest BCUT2D eigenvalue weighted by Gasteiger charge is -2.05. The first-order valence-electron chi connectivity index (χ1n) is 3.74. The zero-order valence-electron chi connectivity index (χ0n) is 6.90. The van der Waals surface area contributed by atoms with Crippen LogP contribution in [0.25, 0.3) is 0 Å². The van der Waals surface area contributed by atoms with E-state index in [1.165, 1.54) is 4.90 Å². The van der Waals surface area contributed by atoms with Crippen LogP contribution in [0.1, 0.15) is 6.42 Å². The first-order chi connectivity index (χ1) is 6.13. The molecule has 1 amide bonds. The highest BCUT2D eigenvalue weighted by Crippen LogP contribution is 2.14. The molecular formula is C7H9N2O3P. The molecule has 1 heterocycles. The molecular weight excluding hydrogens is 191 g/mol. The Hall–Kier alpha value is -1.14. The molecule has 0 N–H and O–H groups in total. The highest BCUT2D eigenvalue weighted by molar-refractivity contribution is 7.40. The molecule has 1 aliphatic rings. The van der Waals surface area contributed by atoms with E-state index in [0.29, 0.717) is 6.54 Å². The maximum absolute atomic E-state index is 11.0. The predicted molar refractivity (Wildman–Crippen MR) is 46.8 cm³/mol. The van der Waals surface area contributed by atoms with E-state index in [9.17, 15) is 9.59 Å². The summed E-state index contributed by atoms with van der Waals surface area (Å²) in [6, 6.07) is 1.85. The van der Waals surface area contributed by atoms with Gasteiger partial charge in [0, 0.05) is 6.42 Å². The van der Waals surface area contributed by atoms with Crippen molar-refractivity contribution >= 4 is 20.9 Å². The predicted octanol–water partition coefficient (Wildman–Crippen LogP) is 0.123. The van der Waals surface area contributed by atoms with Gasteiger partial charge in [0.2, 0.25) is 0 Å². The normalized spacial score (nSPS) is 21.1. The SMILES string of the molecule is N#CCN1CC(CC(=O)P)OC1=O. The molecule has 0 radical (unpaired) electrons. The van der Waals surface area contributed by atoms with Crippen LogP contribution in [0.2, 0.25) is 0 Å². The van der Waals surface area contributed by atoms with Crippen LogP contribution in [-0.4, -0.2) is 35.7 Å². The van der Waals surface area contributed by atoms with E-state index >= 15 is 0 Å². The van der Waals surface area contributed by atoms with Gasteiger partial charge in [-0.2, -0.15) is 5.26 Å². The molecule has 1 fully saturated rings. The topological polar surface area (TPSA) is 70.4 Å². The summed E-state index contributed by atoms with van der Waals surface area (Å²) in [6.07, 6.45) is -0.720. The maximum atomic E-state index is 11.0. The number of hydrogen-bond donors (Lipinski definition) is 0. The molecule has 0 saturated carbocycles. The van der Waals surface area contributed by atoms with Crippen molar-refractivity contribution in [2.24, 2.45) is 0 Å². The number of carbonyl (C=O) groups is 2. The third kappa shape index (κ3) is 2.67. The van der Waals surface area contributed by atoms with Crippen molar-refractivity contribution in [2.45, 2.75) is 12.5 Å². The van der Waals surface area contributed by atoms with Gasteiger partial charge in [0.1, 0.15) is 12.6 Å². The molecule has 2 unspecified atom stereocenters. The molecule has 13 heavy (non-hydrogen) atoms. The number of hydrogen-bond acceptors (Lipinski definition) is 4. The molecule has 0 spiro atoms. The molecule has 0 aliphatic carbocycles. The Morgan fingerprint density at radius 3 is 3.08 bits per heavy atom.